The monoisotopic (exact) mass is 439 g/mol. The average molecular weight is 440 g/mol. The third-order valence-electron chi connectivity index (χ3n) is 6.37. The maximum Gasteiger partial charge on any atom is 0.243 e. The van der Waals surface area contributed by atoms with Crippen molar-refractivity contribution in [2.45, 2.75) is 24.8 Å². The van der Waals surface area contributed by atoms with Crippen molar-refractivity contribution >= 4 is 23.4 Å². The lowest BCUT2D eigenvalue weighted by Gasteiger charge is -2.38. The van der Waals surface area contributed by atoms with Gasteiger partial charge < -0.3 is 15.5 Å². The van der Waals surface area contributed by atoms with Gasteiger partial charge in [0.1, 0.15) is 6.04 Å². The molecule has 3 aromatic carbocycles. The molecule has 3 amide bonds. The Balaban J connectivity index is 1.42. The van der Waals surface area contributed by atoms with Gasteiger partial charge in [-0.3, -0.25) is 14.4 Å². The summed E-state index contributed by atoms with van der Waals surface area (Å²) in [6.07, 6.45) is 0.503. The predicted molar refractivity (Wildman–Crippen MR) is 127 cm³/mol. The number of anilines is 1. The quantitative estimate of drug-likeness (QED) is 0.655. The van der Waals surface area contributed by atoms with Crippen LogP contribution in [0.4, 0.5) is 5.69 Å². The number of hydrogen-bond acceptors (Lipinski definition) is 3. The molecule has 2 N–H and O–H groups in total. The molecule has 166 valence electrons. The predicted octanol–water partition coefficient (Wildman–Crippen LogP) is 3.35. The number of carbonyl (C=O) groups excluding carboxylic acids is 3. The molecule has 0 unspecified atom stereocenters. The number of benzene rings is 3. The van der Waals surface area contributed by atoms with E-state index in [1.807, 2.05) is 72.8 Å². The van der Waals surface area contributed by atoms with Gasteiger partial charge in [-0.25, -0.2) is 0 Å². The van der Waals surface area contributed by atoms with Crippen molar-refractivity contribution in [3.05, 3.63) is 90.0 Å². The lowest BCUT2D eigenvalue weighted by atomic mass is 9.88. The number of amides is 3. The number of carbonyl (C=O) groups is 3. The molecule has 6 nitrogen and oxygen atoms in total. The molecule has 1 saturated heterocycles. The van der Waals surface area contributed by atoms with E-state index in [0.29, 0.717) is 25.2 Å². The van der Waals surface area contributed by atoms with Gasteiger partial charge in [0.25, 0.3) is 0 Å². The fourth-order valence-corrected chi connectivity index (χ4v) is 4.74. The Morgan fingerprint density at radius 1 is 0.909 bits per heavy atom. The molecule has 0 spiro atoms. The molecule has 2 aliphatic heterocycles. The summed E-state index contributed by atoms with van der Waals surface area (Å²) in [7, 11) is 0. The van der Waals surface area contributed by atoms with Crippen LogP contribution in [0, 0.1) is 0 Å². The maximum absolute atomic E-state index is 13.7. The first-order valence-electron chi connectivity index (χ1n) is 11.2. The molecule has 2 atom stereocenters. The number of nitrogens with zero attached hydrogens (tertiary/aromatic N) is 1. The minimum Gasteiger partial charge on any atom is -0.353 e. The Morgan fingerprint density at radius 3 is 2.52 bits per heavy atom. The molecule has 2 aliphatic rings. The molecule has 33 heavy (non-hydrogen) atoms. The van der Waals surface area contributed by atoms with Crippen molar-refractivity contribution in [3.63, 3.8) is 0 Å². The molecule has 1 fully saturated rings. The lowest BCUT2D eigenvalue weighted by molar-refractivity contribution is -0.145. The molecule has 0 saturated carbocycles. The highest BCUT2D eigenvalue weighted by Crippen LogP contribution is 2.34. The van der Waals surface area contributed by atoms with Crippen LogP contribution in [0.1, 0.15) is 23.5 Å². The van der Waals surface area contributed by atoms with Crippen LogP contribution < -0.4 is 10.6 Å². The largest absolute Gasteiger partial charge is 0.353 e. The van der Waals surface area contributed by atoms with Crippen LogP contribution in [0.25, 0.3) is 11.1 Å². The van der Waals surface area contributed by atoms with Gasteiger partial charge in [0.05, 0.1) is 5.92 Å². The average Bonchev–Trinajstić information content (AvgIpc) is 2.85. The van der Waals surface area contributed by atoms with Crippen molar-refractivity contribution in [2.24, 2.45) is 0 Å². The number of piperazine rings is 1. The van der Waals surface area contributed by atoms with Crippen LogP contribution in [-0.4, -0.2) is 41.8 Å². The van der Waals surface area contributed by atoms with E-state index in [0.717, 1.165) is 22.3 Å². The number of hydrogen-bond donors (Lipinski definition) is 2. The molecule has 0 aliphatic carbocycles. The van der Waals surface area contributed by atoms with Crippen LogP contribution in [-0.2, 0) is 20.8 Å². The maximum atomic E-state index is 13.7. The SMILES string of the molecule is O=C1C[C@H](C(=O)N2CCNC(=O)[C@@H]2Cc2cccc(-c3ccccc3)c2)c2ccccc2N1. The van der Waals surface area contributed by atoms with Crippen molar-refractivity contribution in [1.82, 2.24) is 10.2 Å². The van der Waals surface area contributed by atoms with Gasteiger partial charge in [-0.1, -0.05) is 72.8 Å². The summed E-state index contributed by atoms with van der Waals surface area (Å²) in [6, 6.07) is 24.9. The summed E-state index contributed by atoms with van der Waals surface area (Å²) >= 11 is 0. The number of para-hydroxylation sites is 1. The van der Waals surface area contributed by atoms with Gasteiger partial charge in [-0.05, 0) is 28.3 Å². The highest BCUT2D eigenvalue weighted by molar-refractivity contribution is 6.02. The van der Waals surface area contributed by atoms with Crippen LogP contribution >= 0.6 is 0 Å². The zero-order chi connectivity index (χ0) is 22.8. The summed E-state index contributed by atoms with van der Waals surface area (Å²) in [5.41, 5.74) is 4.63. The smallest absolute Gasteiger partial charge is 0.243 e. The van der Waals surface area contributed by atoms with Gasteiger partial charge in [0.15, 0.2) is 0 Å². The molecule has 6 heteroatoms. The Labute approximate surface area is 192 Å². The van der Waals surface area contributed by atoms with Crippen LogP contribution in [0.2, 0.25) is 0 Å². The highest BCUT2D eigenvalue weighted by Gasteiger charge is 2.39. The van der Waals surface area contributed by atoms with E-state index >= 15 is 0 Å². The Morgan fingerprint density at radius 2 is 1.67 bits per heavy atom. The summed E-state index contributed by atoms with van der Waals surface area (Å²) in [5.74, 6) is -1.09. The van der Waals surface area contributed by atoms with Crippen molar-refractivity contribution < 1.29 is 14.4 Å². The van der Waals surface area contributed by atoms with E-state index < -0.39 is 12.0 Å². The Bertz CT molecular complexity index is 1210. The van der Waals surface area contributed by atoms with E-state index in [1.165, 1.54) is 0 Å². The standard InChI is InChI=1S/C27H25N3O3/c31-25-17-22(21-11-4-5-12-23(21)29-25)27(33)30-14-13-28-26(32)24(30)16-18-7-6-10-20(15-18)19-8-2-1-3-9-19/h1-12,15,22,24H,13-14,16-17H2,(H,28,32)(H,29,31)/t22-,24-/m0/s1. The second-order valence-electron chi connectivity index (χ2n) is 8.50. The number of nitrogens with one attached hydrogen (secondary N) is 2. The molecule has 0 aromatic heterocycles. The topological polar surface area (TPSA) is 78.5 Å². The third-order valence-corrected chi connectivity index (χ3v) is 6.37. The molecule has 0 bridgehead atoms. The van der Waals surface area contributed by atoms with Crippen LogP contribution in [0.15, 0.2) is 78.9 Å². The van der Waals surface area contributed by atoms with E-state index in [2.05, 4.69) is 16.7 Å². The van der Waals surface area contributed by atoms with Crippen LogP contribution in [0.5, 0.6) is 0 Å². The second kappa shape index (κ2) is 8.90. The normalized spacial score (nSPS) is 19.9. The van der Waals surface area contributed by atoms with Crippen molar-refractivity contribution in [2.75, 3.05) is 18.4 Å². The fourth-order valence-electron chi connectivity index (χ4n) is 4.74. The first kappa shape index (κ1) is 20.9. The number of rotatable bonds is 4. The fraction of sp³-hybridized carbons (Fsp3) is 0.222. The van der Waals surface area contributed by atoms with Gasteiger partial charge in [-0.2, -0.15) is 0 Å². The van der Waals surface area contributed by atoms with E-state index in [1.54, 1.807) is 4.90 Å². The van der Waals surface area contributed by atoms with E-state index in [9.17, 15) is 14.4 Å². The van der Waals surface area contributed by atoms with Crippen molar-refractivity contribution in [3.8, 4) is 11.1 Å². The minimum absolute atomic E-state index is 0.0875. The molecule has 5 rings (SSSR count). The lowest BCUT2D eigenvalue weighted by Crippen LogP contribution is -2.59. The first-order chi connectivity index (χ1) is 16.1. The minimum atomic E-state index is -0.616. The zero-order valence-electron chi connectivity index (χ0n) is 18.2. The number of fused-ring (bicyclic) bond motifs is 1. The molecule has 0 radical (unpaired) electrons. The summed E-state index contributed by atoms with van der Waals surface area (Å²) in [5, 5.41) is 5.74. The van der Waals surface area contributed by atoms with Gasteiger partial charge >= 0.3 is 0 Å². The molecular weight excluding hydrogens is 414 g/mol. The Kier molecular flexibility index (Phi) is 5.65. The summed E-state index contributed by atoms with van der Waals surface area (Å²) < 4.78 is 0. The van der Waals surface area contributed by atoms with Gasteiger partial charge in [-0.15, -0.1) is 0 Å². The summed E-state index contributed by atoms with van der Waals surface area (Å²) in [4.78, 5) is 40.5. The van der Waals surface area contributed by atoms with Gasteiger partial charge in [0.2, 0.25) is 17.7 Å². The van der Waals surface area contributed by atoms with Gasteiger partial charge in [0, 0.05) is 31.6 Å². The third kappa shape index (κ3) is 4.24. The molecule has 2 heterocycles. The summed E-state index contributed by atoms with van der Waals surface area (Å²) in [6.45, 7) is 0.833. The molecule has 3 aromatic rings. The zero-order valence-corrected chi connectivity index (χ0v) is 18.2. The van der Waals surface area contributed by atoms with E-state index in [-0.39, 0.29) is 24.1 Å². The van der Waals surface area contributed by atoms with E-state index in [4.69, 9.17) is 0 Å². The van der Waals surface area contributed by atoms with Crippen LogP contribution in [0.3, 0.4) is 0 Å². The first-order valence-corrected chi connectivity index (χ1v) is 11.2. The second-order valence-corrected chi connectivity index (χ2v) is 8.50. The van der Waals surface area contributed by atoms with Crippen molar-refractivity contribution in [1.29, 1.82) is 0 Å². The molecular formula is C27H25N3O3. The Hall–Kier alpha value is -3.93. The highest BCUT2D eigenvalue weighted by atomic mass is 16.2.